The summed E-state index contributed by atoms with van der Waals surface area (Å²) in [6.07, 6.45) is 1.55. The van der Waals surface area contributed by atoms with Gasteiger partial charge in [0.25, 0.3) is 0 Å². The van der Waals surface area contributed by atoms with Gasteiger partial charge in [0.15, 0.2) is 0 Å². The average Bonchev–Trinajstić information content (AvgIpc) is 2.37. The van der Waals surface area contributed by atoms with Gasteiger partial charge in [0.05, 0.1) is 13.0 Å². The van der Waals surface area contributed by atoms with Gasteiger partial charge in [0, 0.05) is 19.1 Å². The molecule has 1 unspecified atom stereocenters. The first-order chi connectivity index (χ1) is 9.73. The van der Waals surface area contributed by atoms with Gasteiger partial charge in [-0.3, -0.25) is 4.79 Å². The second-order valence-corrected chi connectivity index (χ2v) is 6.48. The van der Waals surface area contributed by atoms with E-state index in [-0.39, 0.29) is 30.4 Å². The quantitative estimate of drug-likeness (QED) is 0.802. The average molecular weight is 300 g/mol. The second-order valence-electron chi connectivity index (χ2n) is 6.48. The van der Waals surface area contributed by atoms with Crippen molar-refractivity contribution in [1.82, 2.24) is 4.90 Å². The predicted molar refractivity (Wildman–Crippen MR) is 79.8 cm³/mol. The Hall–Kier alpha value is -1.30. The van der Waals surface area contributed by atoms with Crippen LogP contribution in [0.4, 0.5) is 4.79 Å². The van der Waals surface area contributed by atoms with Crippen LogP contribution in [0.2, 0.25) is 0 Å². The van der Waals surface area contributed by atoms with Crippen LogP contribution in [-0.4, -0.2) is 48.3 Å². The number of carbonyl (C=O) groups is 2. The molecule has 1 fully saturated rings. The number of hydrogen-bond donors (Lipinski definition) is 1. The minimum atomic E-state index is -0.478. The molecule has 0 spiro atoms. The van der Waals surface area contributed by atoms with Crippen LogP contribution < -0.4 is 5.73 Å². The van der Waals surface area contributed by atoms with Gasteiger partial charge < -0.3 is 20.1 Å². The van der Waals surface area contributed by atoms with E-state index in [1.54, 1.807) is 11.8 Å². The number of hydrogen-bond acceptors (Lipinski definition) is 5. The molecule has 1 atom stereocenters. The molecule has 1 aliphatic heterocycles. The highest BCUT2D eigenvalue weighted by Crippen LogP contribution is 2.23. The van der Waals surface area contributed by atoms with Gasteiger partial charge in [0.2, 0.25) is 0 Å². The van der Waals surface area contributed by atoms with Crippen molar-refractivity contribution >= 4 is 12.1 Å². The molecule has 0 aromatic heterocycles. The van der Waals surface area contributed by atoms with E-state index in [9.17, 15) is 9.59 Å². The zero-order valence-electron chi connectivity index (χ0n) is 13.6. The second kappa shape index (κ2) is 7.64. The van der Waals surface area contributed by atoms with Gasteiger partial charge in [0.1, 0.15) is 5.60 Å². The normalized spacial score (nSPS) is 18.2. The van der Waals surface area contributed by atoms with Gasteiger partial charge in [-0.05, 0) is 46.5 Å². The number of ether oxygens (including phenoxy) is 2. The Labute approximate surface area is 126 Å². The molecule has 1 saturated heterocycles. The van der Waals surface area contributed by atoms with E-state index < -0.39 is 5.60 Å². The molecule has 0 saturated carbocycles. The Morgan fingerprint density at radius 1 is 1.29 bits per heavy atom. The monoisotopic (exact) mass is 300 g/mol. The van der Waals surface area contributed by atoms with E-state index in [2.05, 4.69) is 0 Å². The fourth-order valence-corrected chi connectivity index (χ4v) is 2.42. The van der Waals surface area contributed by atoms with Crippen LogP contribution in [0.5, 0.6) is 0 Å². The van der Waals surface area contributed by atoms with Crippen LogP contribution in [0, 0.1) is 5.92 Å². The van der Waals surface area contributed by atoms with Crippen molar-refractivity contribution in [2.75, 3.05) is 19.7 Å². The molecule has 1 rings (SSSR count). The SMILES string of the molecule is CCOC(=O)CC(N)C1CCN(C(=O)OC(C)(C)C)CC1. The van der Waals surface area contributed by atoms with Crippen LogP contribution in [0.1, 0.15) is 47.0 Å². The number of carbonyl (C=O) groups excluding carboxylic acids is 2. The lowest BCUT2D eigenvalue weighted by Crippen LogP contribution is -2.45. The Morgan fingerprint density at radius 2 is 1.86 bits per heavy atom. The van der Waals surface area contributed by atoms with Crippen molar-refractivity contribution in [1.29, 1.82) is 0 Å². The standard InChI is InChI=1S/C15H28N2O4/c1-5-20-13(18)10-12(16)11-6-8-17(9-7-11)14(19)21-15(2,3)4/h11-12H,5-10,16H2,1-4H3. The van der Waals surface area contributed by atoms with E-state index >= 15 is 0 Å². The number of nitrogens with two attached hydrogens (primary N) is 1. The van der Waals surface area contributed by atoms with Crippen molar-refractivity contribution in [2.45, 2.75) is 58.6 Å². The topological polar surface area (TPSA) is 81.9 Å². The Kier molecular flexibility index (Phi) is 6.45. The molecule has 0 aromatic rings. The third-order valence-electron chi connectivity index (χ3n) is 3.50. The first-order valence-corrected chi connectivity index (χ1v) is 7.62. The van der Waals surface area contributed by atoms with Gasteiger partial charge in [-0.2, -0.15) is 0 Å². The summed E-state index contributed by atoms with van der Waals surface area (Å²) in [5.74, 6) is -0.00679. The summed E-state index contributed by atoms with van der Waals surface area (Å²) in [7, 11) is 0. The maximum atomic E-state index is 12.0. The lowest BCUT2D eigenvalue weighted by molar-refractivity contribution is -0.143. The maximum Gasteiger partial charge on any atom is 0.410 e. The lowest BCUT2D eigenvalue weighted by atomic mass is 9.88. The van der Waals surface area contributed by atoms with Crippen LogP contribution in [0.25, 0.3) is 0 Å². The first kappa shape index (κ1) is 17.8. The molecule has 122 valence electrons. The molecular weight excluding hydrogens is 272 g/mol. The highest BCUT2D eigenvalue weighted by atomic mass is 16.6. The number of nitrogens with zero attached hydrogens (tertiary/aromatic N) is 1. The molecule has 2 N–H and O–H groups in total. The molecule has 0 bridgehead atoms. The van der Waals surface area contributed by atoms with E-state index in [0.29, 0.717) is 19.7 Å². The largest absolute Gasteiger partial charge is 0.466 e. The maximum absolute atomic E-state index is 12.0. The van der Waals surface area contributed by atoms with Gasteiger partial charge in [-0.25, -0.2) is 4.79 Å². The molecule has 6 nitrogen and oxygen atoms in total. The molecule has 0 aromatic carbocycles. The summed E-state index contributed by atoms with van der Waals surface area (Å²) in [6.45, 7) is 8.96. The van der Waals surface area contributed by atoms with Crippen molar-refractivity contribution in [3.63, 3.8) is 0 Å². The highest BCUT2D eigenvalue weighted by Gasteiger charge is 2.30. The molecule has 6 heteroatoms. The van der Waals surface area contributed by atoms with E-state index in [0.717, 1.165) is 12.8 Å². The Bertz CT molecular complexity index is 357. The third kappa shape index (κ3) is 6.33. The number of amides is 1. The third-order valence-corrected chi connectivity index (χ3v) is 3.50. The van der Waals surface area contributed by atoms with Crippen LogP contribution in [0.3, 0.4) is 0 Å². The molecule has 0 aliphatic carbocycles. The molecule has 0 radical (unpaired) electrons. The Balaban J connectivity index is 2.38. The van der Waals surface area contributed by atoms with Gasteiger partial charge in [-0.1, -0.05) is 0 Å². The molecular formula is C15H28N2O4. The molecule has 1 heterocycles. The van der Waals surface area contributed by atoms with Crippen molar-refractivity contribution < 1.29 is 19.1 Å². The zero-order chi connectivity index (χ0) is 16.0. The van der Waals surface area contributed by atoms with Crippen LogP contribution in [-0.2, 0) is 14.3 Å². The lowest BCUT2D eigenvalue weighted by Gasteiger charge is -2.35. The summed E-state index contributed by atoms with van der Waals surface area (Å²) in [6, 6.07) is -0.204. The smallest absolute Gasteiger partial charge is 0.410 e. The van der Waals surface area contributed by atoms with Crippen molar-refractivity contribution in [2.24, 2.45) is 11.7 Å². The van der Waals surface area contributed by atoms with Crippen molar-refractivity contribution in [3.8, 4) is 0 Å². The highest BCUT2D eigenvalue weighted by molar-refractivity contribution is 5.70. The fourth-order valence-electron chi connectivity index (χ4n) is 2.42. The van der Waals surface area contributed by atoms with Gasteiger partial charge >= 0.3 is 12.1 Å². The fraction of sp³-hybridized carbons (Fsp3) is 0.867. The van der Waals surface area contributed by atoms with E-state index in [1.165, 1.54) is 0 Å². The summed E-state index contributed by atoms with van der Waals surface area (Å²) in [4.78, 5) is 25.1. The first-order valence-electron chi connectivity index (χ1n) is 7.62. The molecule has 21 heavy (non-hydrogen) atoms. The zero-order valence-corrected chi connectivity index (χ0v) is 13.6. The minimum Gasteiger partial charge on any atom is -0.466 e. The van der Waals surface area contributed by atoms with Crippen LogP contribution in [0.15, 0.2) is 0 Å². The summed E-state index contributed by atoms with van der Waals surface area (Å²) >= 11 is 0. The number of rotatable bonds is 4. The van der Waals surface area contributed by atoms with E-state index in [4.69, 9.17) is 15.2 Å². The van der Waals surface area contributed by atoms with Crippen molar-refractivity contribution in [3.05, 3.63) is 0 Å². The minimum absolute atomic E-state index is 0.204. The summed E-state index contributed by atoms with van der Waals surface area (Å²) in [5, 5.41) is 0. The predicted octanol–water partition coefficient (Wildman–Crippen LogP) is 1.91. The summed E-state index contributed by atoms with van der Waals surface area (Å²) < 4.78 is 10.3. The number of piperidine rings is 1. The summed E-state index contributed by atoms with van der Waals surface area (Å²) in [5.41, 5.74) is 5.59. The molecule has 1 amide bonds. The van der Waals surface area contributed by atoms with E-state index in [1.807, 2.05) is 20.8 Å². The number of esters is 1. The number of likely N-dealkylation sites (tertiary alicyclic amines) is 1. The van der Waals surface area contributed by atoms with Crippen LogP contribution >= 0.6 is 0 Å². The van der Waals surface area contributed by atoms with Gasteiger partial charge in [-0.15, -0.1) is 0 Å². The molecule has 1 aliphatic rings. The Morgan fingerprint density at radius 3 is 2.33 bits per heavy atom.